The second kappa shape index (κ2) is 7.01. The van der Waals surface area contributed by atoms with Gasteiger partial charge in [0.1, 0.15) is 0 Å². The lowest BCUT2D eigenvalue weighted by Crippen LogP contribution is -1.90. The molecule has 0 aromatic heterocycles. The average molecular weight is 334 g/mol. The Balaban J connectivity index is 1.92. The van der Waals surface area contributed by atoms with Gasteiger partial charge < -0.3 is 0 Å². The van der Waals surface area contributed by atoms with E-state index in [1.807, 2.05) is 0 Å². The Morgan fingerprint density at radius 2 is 0.885 bits per heavy atom. The van der Waals surface area contributed by atoms with E-state index in [1.165, 1.54) is 44.5 Å². The Kier molecular flexibility index (Phi) is 4.41. The summed E-state index contributed by atoms with van der Waals surface area (Å²) in [6, 6.07) is 34.7. The number of hydrogen-bond donors (Lipinski definition) is 0. The monoisotopic (exact) mass is 334 g/mol. The summed E-state index contributed by atoms with van der Waals surface area (Å²) in [5.74, 6) is 0. The molecule has 0 saturated heterocycles. The average Bonchev–Trinajstić information content (AvgIpc) is 2.71. The fourth-order valence-electron chi connectivity index (χ4n) is 3.47. The van der Waals surface area contributed by atoms with E-state index in [9.17, 15) is 0 Å². The van der Waals surface area contributed by atoms with Crippen LogP contribution in [-0.4, -0.2) is 0 Å². The molecule has 4 rings (SSSR count). The fraction of sp³-hybridized carbons (Fsp3) is 0.0769. The molecule has 26 heavy (non-hydrogen) atoms. The maximum absolute atomic E-state index is 2.29. The van der Waals surface area contributed by atoms with E-state index in [0.717, 1.165) is 0 Å². The summed E-state index contributed by atoms with van der Waals surface area (Å²) < 4.78 is 0. The molecule has 0 saturated carbocycles. The van der Waals surface area contributed by atoms with Crippen molar-refractivity contribution in [2.75, 3.05) is 0 Å². The van der Waals surface area contributed by atoms with Crippen LogP contribution in [0.25, 0.3) is 33.4 Å². The zero-order chi connectivity index (χ0) is 17.9. The van der Waals surface area contributed by atoms with Crippen LogP contribution < -0.4 is 0 Å². The first-order valence-corrected chi connectivity index (χ1v) is 9.05. The van der Waals surface area contributed by atoms with Crippen LogP contribution >= 0.6 is 0 Å². The Hall–Kier alpha value is -3.12. The molecule has 0 fully saturated rings. The number of aryl methyl sites for hydroxylation is 2. The highest BCUT2D eigenvalue weighted by molar-refractivity contribution is 5.91. The van der Waals surface area contributed by atoms with Crippen LogP contribution in [0.3, 0.4) is 0 Å². The molecule has 0 atom stereocenters. The molecule has 4 aromatic rings. The van der Waals surface area contributed by atoms with Crippen molar-refractivity contribution in [2.24, 2.45) is 0 Å². The fourth-order valence-corrected chi connectivity index (χ4v) is 3.47. The first-order chi connectivity index (χ1) is 12.7. The minimum atomic E-state index is 1.25. The van der Waals surface area contributed by atoms with Crippen molar-refractivity contribution in [2.45, 2.75) is 13.8 Å². The molecule has 0 aliphatic rings. The summed E-state index contributed by atoms with van der Waals surface area (Å²) in [5.41, 5.74) is 10.3. The van der Waals surface area contributed by atoms with Crippen LogP contribution in [0.15, 0.2) is 97.1 Å². The molecular weight excluding hydrogens is 312 g/mol. The van der Waals surface area contributed by atoms with Gasteiger partial charge >= 0.3 is 0 Å². The van der Waals surface area contributed by atoms with E-state index in [0.29, 0.717) is 0 Å². The Labute approximate surface area is 155 Å². The van der Waals surface area contributed by atoms with Crippen molar-refractivity contribution in [3.63, 3.8) is 0 Å². The SMILES string of the molecule is Cc1ccc(-c2ccccc2-c2ccccc2-c2ccccc2)cc1C. The third-order valence-electron chi connectivity index (χ3n) is 5.05. The third-order valence-corrected chi connectivity index (χ3v) is 5.05. The summed E-state index contributed by atoms with van der Waals surface area (Å²) >= 11 is 0. The smallest absolute Gasteiger partial charge is 0.00992 e. The summed E-state index contributed by atoms with van der Waals surface area (Å²) in [5, 5.41) is 0. The Morgan fingerprint density at radius 3 is 1.46 bits per heavy atom. The van der Waals surface area contributed by atoms with Gasteiger partial charge in [-0.2, -0.15) is 0 Å². The number of rotatable bonds is 3. The van der Waals surface area contributed by atoms with Crippen molar-refractivity contribution < 1.29 is 0 Å². The highest BCUT2D eigenvalue weighted by Crippen LogP contribution is 2.38. The molecule has 0 nitrogen and oxygen atoms in total. The molecular formula is C26H22. The minimum absolute atomic E-state index is 1.25. The molecule has 0 aliphatic carbocycles. The van der Waals surface area contributed by atoms with Crippen LogP contribution in [0.5, 0.6) is 0 Å². The van der Waals surface area contributed by atoms with Crippen molar-refractivity contribution in [1.82, 2.24) is 0 Å². The van der Waals surface area contributed by atoms with E-state index in [-0.39, 0.29) is 0 Å². The molecule has 0 aliphatic heterocycles. The van der Waals surface area contributed by atoms with E-state index >= 15 is 0 Å². The lowest BCUT2D eigenvalue weighted by atomic mass is 9.89. The lowest BCUT2D eigenvalue weighted by Gasteiger charge is -2.15. The molecule has 0 N–H and O–H groups in total. The van der Waals surface area contributed by atoms with Crippen LogP contribution in [0.4, 0.5) is 0 Å². The predicted molar refractivity (Wildman–Crippen MR) is 112 cm³/mol. The first-order valence-electron chi connectivity index (χ1n) is 9.05. The second-order valence-electron chi connectivity index (χ2n) is 6.76. The normalized spacial score (nSPS) is 10.7. The zero-order valence-electron chi connectivity index (χ0n) is 15.2. The molecule has 4 aromatic carbocycles. The molecule has 0 bridgehead atoms. The Bertz CT molecular complexity index is 1040. The van der Waals surface area contributed by atoms with Gasteiger partial charge in [0.15, 0.2) is 0 Å². The summed E-state index contributed by atoms with van der Waals surface area (Å²) in [6.07, 6.45) is 0. The topological polar surface area (TPSA) is 0 Å². The van der Waals surface area contributed by atoms with Crippen LogP contribution in [-0.2, 0) is 0 Å². The van der Waals surface area contributed by atoms with Crippen LogP contribution in [0, 0.1) is 13.8 Å². The highest BCUT2D eigenvalue weighted by atomic mass is 14.2. The zero-order valence-corrected chi connectivity index (χ0v) is 15.2. The number of hydrogen-bond acceptors (Lipinski definition) is 0. The van der Waals surface area contributed by atoms with Crippen LogP contribution in [0.1, 0.15) is 11.1 Å². The quantitative estimate of drug-likeness (QED) is 0.368. The molecule has 126 valence electrons. The molecule has 0 unspecified atom stereocenters. The standard InChI is InChI=1S/C26H22/c1-19-16-17-22(18-20(19)2)24-13-7-9-15-26(24)25-14-8-6-12-23(25)21-10-4-3-5-11-21/h3-18H,1-2H3. The van der Waals surface area contributed by atoms with Crippen molar-refractivity contribution in [3.8, 4) is 33.4 Å². The minimum Gasteiger partial charge on any atom is -0.0622 e. The molecule has 0 heterocycles. The predicted octanol–water partition coefficient (Wildman–Crippen LogP) is 7.30. The summed E-state index contributed by atoms with van der Waals surface area (Å²) in [6.45, 7) is 4.34. The highest BCUT2D eigenvalue weighted by Gasteiger charge is 2.12. The maximum atomic E-state index is 2.29. The van der Waals surface area contributed by atoms with E-state index < -0.39 is 0 Å². The van der Waals surface area contributed by atoms with Gasteiger partial charge in [0.2, 0.25) is 0 Å². The third kappa shape index (κ3) is 3.07. The van der Waals surface area contributed by atoms with E-state index in [4.69, 9.17) is 0 Å². The van der Waals surface area contributed by atoms with E-state index in [2.05, 4.69) is 111 Å². The Morgan fingerprint density at radius 1 is 0.385 bits per heavy atom. The van der Waals surface area contributed by atoms with Gasteiger partial charge in [-0.05, 0) is 58.4 Å². The van der Waals surface area contributed by atoms with Crippen LogP contribution in [0.2, 0.25) is 0 Å². The lowest BCUT2D eigenvalue weighted by molar-refractivity contribution is 1.34. The van der Waals surface area contributed by atoms with Crippen molar-refractivity contribution in [1.29, 1.82) is 0 Å². The second-order valence-corrected chi connectivity index (χ2v) is 6.76. The maximum Gasteiger partial charge on any atom is -0.00992 e. The number of benzene rings is 4. The van der Waals surface area contributed by atoms with Gasteiger partial charge in [-0.1, -0.05) is 97.1 Å². The van der Waals surface area contributed by atoms with Gasteiger partial charge in [-0.15, -0.1) is 0 Å². The van der Waals surface area contributed by atoms with Crippen molar-refractivity contribution >= 4 is 0 Å². The first kappa shape index (κ1) is 16.4. The molecule has 0 radical (unpaired) electrons. The van der Waals surface area contributed by atoms with Gasteiger partial charge in [0, 0.05) is 0 Å². The van der Waals surface area contributed by atoms with Gasteiger partial charge in [0.25, 0.3) is 0 Å². The molecule has 0 amide bonds. The largest absolute Gasteiger partial charge is 0.0622 e. The molecule has 0 heteroatoms. The van der Waals surface area contributed by atoms with Gasteiger partial charge in [-0.3, -0.25) is 0 Å². The van der Waals surface area contributed by atoms with Gasteiger partial charge in [-0.25, -0.2) is 0 Å². The van der Waals surface area contributed by atoms with Crippen molar-refractivity contribution in [3.05, 3.63) is 108 Å². The summed E-state index contributed by atoms with van der Waals surface area (Å²) in [4.78, 5) is 0. The van der Waals surface area contributed by atoms with Gasteiger partial charge in [0.05, 0.1) is 0 Å². The molecule has 0 spiro atoms. The summed E-state index contributed by atoms with van der Waals surface area (Å²) in [7, 11) is 0. The van der Waals surface area contributed by atoms with E-state index in [1.54, 1.807) is 0 Å².